The topological polar surface area (TPSA) is 46.2 Å². The van der Waals surface area contributed by atoms with E-state index in [1.165, 1.54) is 18.2 Å². The molecule has 0 amide bonds. The maximum absolute atomic E-state index is 13.5. The fourth-order valence-corrected chi connectivity index (χ4v) is 3.08. The molecule has 0 aliphatic carbocycles. The molecule has 2 rings (SSSR count). The van der Waals surface area contributed by atoms with Crippen LogP contribution >= 0.6 is 0 Å². The molecule has 3 nitrogen and oxygen atoms in total. The average molecular weight is 293 g/mol. The van der Waals surface area contributed by atoms with Gasteiger partial charge in [-0.3, -0.25) is 0 Å². The lowest BCUT2D eigenvalue weighted by molar-refractivity contribution is 0.553. The molecule has 0 aliphatic rings. The van der Waals surface area contributed by atoms with E-state index in [4.69, 9.17) is 0 Å². The van der Waals surface area contributed by atoms with Gasteiger partial charge in [0.2, 0.25) is 10.0 Å². The zero-order valence-corrected chi connectivity index (χ0v) is 11.9. The first-order valence-electron chi connectivity index (χ1n) is 6.30. The number of hydrogen-bond acceptors (Lipinski definition) is 2. The standard InChI is InChI=1S/C15H16FNO2S/c1-12(13-7-3-2-4-8-13)11-17-20(18,19)15-10-6-5-9-14(15)16/h2-10,12,17H,11H2,1H3. The van der Waals surface area contributed by atoms with Gasteiger partial charge in [0, 0.05) is 6.54 Å². The highest BCUT2D eigenvalue weighted by Crippen LogP contribution is 2.16. The molecule has 106 valence electrons. The van der Waals surface area contributed by atoms with Gasteiger partial charge in [0.15, 0.2) is 0 Å². The van der Waals surface area contributed by atoms with Gasteiger partial charge in [0.1, 0.15) is 10.7 Å². The largest absolute Gasteiger partial charge is 0.243 e. The second-order valence-electron chi connectivity index (χ2n) is 4.59. The van der Waals surface area contributed by atoms with Crippen molar-refractivity contribution < 1.29 is 12.8 Å². The van der Waals surface area contributed by atoms with Crippen molar-refractivity contribution in [2.24, 2.45) is 0 Å². The lowest BCUT2D eigenvalue weighted by Gasteiger charge is -2.13. The van der Waals surface area contributed by atoms with Crippen molar-refractivity contribution in [3.63, 3.8) is 0 Å². The monoisotopic (exact) mass is 293 g/mol. The normalized spacial score (nSPS) is 13.1. The Balaban J connectivity index is 2.09. The Morgan fingerprint density at radius 1 is 1.05 bits per heavy atom. The second kappa shape index (κ2) is 6.15. The Labute approximate surface area is 118 Å². The summed E-state index contributed by atoms with van der Waals surface area (Å²) in [5.74, 6) is -0.731. The highest BCUT2D eigenvalue weighted by Gasteiger charge is 2.19. The summed E-state index contributed by atoms with van der Waals surface area (Å²) in [7, 11) is -3.82. The average Bonchev–Trinajstić information content (AvgIpc) is 2.46. The van der Waals surface area contributed by atoms with Crippen molar-refractivity contribution in [1.82, 2.24) is 4.72 Å². The molecule has 1 atom stereocenters. The molecule has 1 N–H and O–H groups in total. The van der Waals surface area contributed by atoms with Crippen LogP contribution < -0.4 is 4.72 Å². The SMILES string of the molecule is CC(CNS(=O)(=O)c1ccccc1F)c1ccccc1. The van der Waals surface area contributed by atoms with Crippen molar-refractivity contribution in [3.8, 4) is 0 Å². The predicted molar refractivity (Wildman–Crippen MR) is 76.4 cm³/mol. The summed E-state index contributed by atoms with van der Waals surface area (Å²) in [6.45, 7) is 2.14. The third-order valence-electron chi connectivity index (χ3n) is 3.07. The maximum Gasteiger partial charge on any atom is 0.243 e. The van der Waals surface area contributed by atoms with Crippen LogP contribution in [0.1, 0.15) is 18.4 Å². The van der Waals surface area contributed by atoms with Crippen LogP contribution in [-0.4, -0.2) is 15.0 Å². The van der Waals surface area contributed by atoms with E-state index in [1.807, 2.05) is 37.3 Å². The summed E-state index contributed by atoms with van der Waals surface area (Å²) in [4.78, 5) is -0.319. The van der Waals surface area contributed by atoms with E-state index in [0.717, 1.165) is 11.6 Å². The molecular formula is C15H16FNO2S. The summed E-state index contributed by atoms with van der Waals surface area (Å²) in [5.41, 5.74) is 1.03. The number of sulfonamides is 1. The number of rotatable bonds is 5. The molecule has 0 fully saturated rings. The molecule has 0 saturated carbocycles. The van der Waals surface area contributed by atoms with Crippen LogP contribution in [0.15, 0.2) is 59.5 Å². The Morgan fingerprint density at radius 3 is 2.30 bits per heavy atom. The van der Waals surface area contributed by atoms with Gasteiger partial charge in [-0.05, 0) is 23.6 Å². The summed E-state index contributed by atoms with van der Waals surface area (Å²) in [6.07, 6.45) is 0. The first-order chi connectivity index (χ1) is 9.50. The predicted octanol–water partition coefficient (Wildman–Crippen LogP) is 2.91. The highest BCUT2D eigenvalue weighted by molar-refractivity contribution is 7.89. The Morgan fingerprint density at radius 2 is 1.65 bits per heavy atom. The molecule has 0 spiro atoms. The zero-order chi connectivity index (χ0) is 14.6. The van der Waals surface area contributed by atoms with Gasteiger partial charge in [-0.25, -0.2) is 17.5 Å². The minimum atomic E-state index is -3.82. The van der Waals surface area contributed by atoms with E-state index >= 15 is 0 Å². The van der Waals surface area contributed by atoms with Gasteiger partial charge in [-0.2, -0.15) is 0 Å². The smallest absolute Gasteiger partial charge is 0.210 e. The number of halogens is 1. The zero-order valence-electron chi connectivity index (χ0n) is 11.1. The van der Waals surface area contributed by atoms with Crippen molar-refractivity contribution in [3.05, 3.63) is 66.0 Å². The van der Waals surface area contributed by atoms with E-state index in [2.05, 4.69) is 4.72 Å². The quantitative estimate of drug-likeness (QED) is 0.921. The van der Waals surface area contributed by atoms with E-state index in [-0.39, 0.29) is 17.4 Å². The lowest BCUT2D eigenvalue weighted by atomic mass is 10.0. The van der Waals surface area contributed by atoms with Crippen molar-refractivity contribution in [1.29, 1.82) is 0 Å². The van der Waals surface area contributed by atoms with Gasteiger partial charge in [-0.15, -0.1) is 0 Å². The van der Waals surface area contributed by atoms with Crippen molar-refractivity contribution >= 4 is 10.0 Å². The lowest BCUT2D eigenvalue weighted by Crippen LogP contribution is -2.28. The fraction of sp³-hybridized carbons (Fsp3) is 0.200. The minimum absolute atomic E-state index is 0.0118. The second-order valence-corrected chi connectivity index (χ2v) is 6.33. The van der Waals surface area contributed by atoms with Crippen molar-refractivity contribution in [2.75, 3.05) is 6.54 Å². The van der Waals surface area contributed by atoms with Gasteiger partial charge in [-0.1, -0.05) is 49.4 Å². The fourth-order valence-electron chi connectivity index (χ4n) is 1.87. The first-order valence-corrected chi connectivity index (χ1v) is 7.78. The molecular weight excluding hydrogens is 277 g/mol. The molecule has 0 aliphatic heterocycles. The van der Waals surface area contributed by atoms with Crippen LogP contribution in [0, 0.1) is 5.82 Å². The minimum Gasteiger partial charge on any atom is -0.210 e. The number of benzene rings is 2. The van der Waals surface area contributed by atoms with Crippen LogP contribution in [0.4, 0.5) is 4.39 Å². The third kappa shape index (κ3) is 3.43. The molecule has 0 radical (unpaired) electrons. The molecule has 0 heterocycles. The van der Waals surface area contributed by atoms with E-state index in [0.29, 0.717) is 0 Å². The van der Waals surface area contributed by atoms with Crippen LogP contribution in [-0.2, 0) is 10.0 Å². The van der Waals surface area contributed by atoms with Gasteiger partial charge < -0.3 is 0 Å². The summed E-state index contributed by atoms with van der Waals surface area (Å²) in [5, 5.41) is 0. The van der Waals surface area contributed by atoms with Crippen LogP contribution in [0.3, 0.4) is 0 Å². The highest BCUT2D eigenvalue weighted by atomic mass is 32.2. The third-order valence-corrected chi connectivity index (χ3v) is 4.53. The Kier molecular flexibility index (Phi) is 4.52. The number of nitrogens with one attached hydrogen (secondary N) is 1. The first kappa shape index (κ1) is 14.7. The molecule has 0 bridgehead atoms. The Hall–Kier alpha value is -1.72. The van der Waals surface area contributed by atoms with Crippen LogP contribution in [0.25, 0.3) is 0 Å². The molecule has 20 heavy (non-hydrogen) atoms. The molecule has 1 unspecified atom stereocenters. The Bertz CT molecular complexity index is 671. The van der Waals surface area contributed by atoms with Gasteiger partial charge >= 0.3 is 0 Å². The van der Waals surface area contributed by atoms with E-state index in [1.54, 1.807) is 0 Å². The molecule has 2 aromatic rings. The summed E-state index contributed by atoms with van der Waals surface area (Å²) < 4.78 is 40.0. The number of hydrogen-bond donors (Lipinski definition) is 1. The van der Waals surface area contributed by atoms with E-state index < -0.39 is 15.8 Å². The molecule has 0 saturated heterocycles. The summed E-state index contributed by atoms with van der Waals surface area (Å²) in [6, 6.07) is 14.9. The van der Waals surface area contributed by atoms with Crippen molar-refractivity contribution in [2.45, 2.75) is 17.7 Å². The molecule has 0 aromatic heterocycles. The molecule has 2 aromatic carbocycles. The van der Waals surface area contributed by atoms with Gasteiger partial charge in [0.25, 0.3) is 0 Å². The van der Waals surface area contributed by atoms with Crippen LogP contribution in [0.2, 0.25) is 0 Å². The maximum atomic E-state index is 13.5. The van der Waals surface area contributed by atoms with Gasteiger partial charge in [0.05, 0.1) is 0 Å². The van der Waals surface area contributed by atoms with Crippen LogP contribution in [0.5, 0.6) is 0 Å². The van der Waals surface area contributed by atoms with E-state index in [9.17, 15) is 12.8 Å². The summed E-state index contributed by atoms with van der Waals surface area (Å²) >= 11 is 0. The molecule has 5 heteroatoms.